The van der Waals surface area contributed by atoms with Crippen molar-refractivity contribution in [3.8, 4) is 11.5 Å². The van der Waals surface area contributed by atoms with Crippen LogP contribution < -0.4 is 9.47 Å². The summed E-state index contributed by atoms with van der Waals surface area (Å²) in [5.74, 6) is 1.06. The molecule has 1 saturated heterocycles. The van der Waals surface area contributed by atoms with Crippen LogP contribution in [-0.2, 0) is 11.2 Å². The zero-order valence-electron chi connectivity index (χ0n) is 14.7. The van der Waals surface area contributed by atoms with Crippen molar-refractivity contribution >= 4 is 11.3 Å². The van der Waals surface area contributed by atoms with E-state index in [0.29, 0.717) is 12.2 Å². The van der Waals surface area contributed by atoms with E-state index in [0.717, 1.165) is 16.2 Å². The SMILES string of the molecule is COc1ccc(Cc2sccc2O[C@@H]2O[C@H](CO)[C@@H](O)[C@H](O)[C@H]2C)cc1. The van der Waals surface area contributed by atoms with Gasteiger partial charge in [-0.3, -0.25) is 0 Å². The molecule has 0 spiro atoms. The standard InChI is InChI=1S/C19H24O6S/c1-11-17(21)18(22)15(10-20)25-19(11)24-14-7-8-26-16(14)9-12-3-5-13(23-2)6-4-12/h3-8,11,15,17-22H,9-10H2,1-2H3/t11-,15-,17-,18-,19-/m1/s1. The Kier molecular flexibility index (Phi) is 6.16. The molecule has 0 saturated carbocycles. The van der Waals surface area contributed by atoms with E-state index in [-0.39, 0.29) is 6.61 Å². The zero-order valence-corrected chi connectivity index (χ0v) is 15.6. The lowest BCUT2D eigenvalue weighted by molar-refractivity contribution is -0.256. The summed E-state index contributed by atoms with van der Waals surface area (Å²) in [6.45, 7) is 1.37. The van der Waals surface area contributed by atoms with Crippen molar-refractivity contribution in [1.29, 1.82) is 0 Å². The minimum atomic E-state index is -1.13. The molecule has 1 aliphatic heterocycles. The molecule has 3 N–H and O–H groups in total. The van der Waals surface area contributed by atoms with Crippen LogP contribution in [0.1, 0.15) is 17.4 Å². The number of rotatable bonds is 6. The van der Waals surface area contributed by atoms with Gasteiger partial charge in [-0.1, -0.05) is 19.1 Å². The van der Waals surface area contributed by atoms with E-state index in [4.69, 9.17) is 14.2 Å². The van der Waals surface area contributed by atoms with Gasteiger partial charge in [-0.2, -0.15) is 0 Å². The summed E-state index contributed by atoms with van der Waals surface area (Å²) in [5, 5.41) is 31.4. The number of aliphatic hydroxyl groups excluding tert-OH is 3. The molecule has 26 heavy (non-hydrogen) atoms. The maximum atomic E-state index is 10.2. The third kappa shape index (κ3) is 4.02. The minimum Gasteiger partial charge on any atom is -0.497 e. The second-order valence-electron chi connectivity index (χ2n) is 6.42. The molecule has 7 heteroatoms. The van der Waals surface area contributed by atoms with Crippen molar-refractivity contribution in [2.24, 2.45) is 5.92 Å². The van der Waals surface area contributed by atoms with E-state index < -0.39 is 30.5 Å². The van der Waals surface area contributed by atoms with E-state index >= 15 is 0 Å². The molecule has 2 aromatic rings. The molecular formula is C19H24O6S. The van der Waals surface area contributed by atoms with Gasteiger partial charge in [0.2, 0.25) is 6.29 Å². The van der Waals surface area contributed by atoms with Crippen LogP contribution in [0.4, 0.5) is 0 Å². The molecule has 3 rings (SSSR count). The largest absolute Gasteiger partial charge is 0.497 e. The lowest BCUT2D eigenvalue weighted by atomic mass is 9.92. The van der Waals surface area contributed by atoms with Crippen LogP contribution in [0.25, 0.3) is 0 Å². The van der Waals surface area contributed by atoms with Crippen LogP contribution in [0.2, 0.25) is 0 Å². The Morgan fingerprint density at radius 2 is 1.85 bits per heavy atom. The number of methoxy groups -OCH3 is 1. The monoisotopic (exact) mass is 380 g/mol. The Morgan fingerprint density at radius 1 is 1.12 bits per heavy atom. The van der Waals surface area contributed by atoms with Gasteiger partial charge >= 0.3 is 0 Å². The number of aliphatic hydroxyl groups is 3. The second-order valence-corrected chi connectivity index (χ2v) is 7.42. The highest BCUT2D eigenvalue weighted by molar-refractivity contribution is 7.10. The van der Waals surface area contributed by atoms with Crippen molar-refractivity contribution in [3.63, 3.8) is 0 Å². The topological polar surface area (TPSA) is 88.4 Å². The molecular weight excluding hydrogens is 356 g/mol. The van der Waals surface area contributed by atoms with Crippen molar-refractivity contribution in [3.05, 3.63) is 46.2 Å². The first kappa shape index (κ1) is 19.1. The van der Waals surface area contributed by atoms with Gasteiger partial charge in [-0.25, -0.2) is 0 Å². The maximum absolute atomic E-state index is 10.2. The molecule has 0 radical (unpaired) electrons. The summed E-state index contributed by atoms with van der Waals surface area (Å²) < 4.78 is 16.8. The van der Waals surface area contributed by atoms with Gasteiger partial charge in [0.25, 0.3) is 0 Å². The fourth-order valence-corrected chi connectivity index (χ4v) is 3.81. The Labute approximate surface area is 156 Å². The fourth-order valence-electron chi connectivity index (χ4n) is 2.97. The number of thiophene rings is 1. The lowest BCUT2D eigenvalue weighted by Crippen LogP contribution is -2.56. The number of ether oxygens (including phenoxy) is 3. The Balaban J connectivity index is 1.71. The predicted octanol–water partition coefficient (Wildman–Crippen LogP) is 1.80. The summed E-state index contributed by atoms with van der Waals surface area (Å²) in [6.07, 6.45) is -3.05. The van der Waals surface area contributed by atoms with Gasteiger partial charge in [-0.05, 0) is 29.1 Å². The van der Waals surface area contributed by atoms with Gasteiger partial charge in [0.1, 0.15) is 23.7 Å². The highest BCUT2D eigenvalue weighted by atomic mass is 32.1. The zero-order chi connectivity index (χ0) is 18.7. The number of benzene rings is 1. The molecule has 0 aliphatic carbocycles. The Bertz CT molecular complexity index is 698. The van der Waals surface area contributed by atoms with Crippen LogP contribution in [0.15, 0.2) is 35.7 Å². The van der Waals surface area contributed by atoms with E-state index in [1.165, 1.54) is 0 Å². The van der Waals surface area contributed by atoms with Gasteiger partial charge in [0, 0.05) is 12.3 Å². The highest BCUT2D eigenvalue weighted by Crippen LogP contribution is 2.33. The lowest BCUT2D eigenvalue weighted by Gasteiger charge is -2.40. The normalized spacial score (nSPS) is 28.7. The van der Waals surface area contributed by atoms with E-state index in [1.807, 2.05) is 35.7 Å². The first-order chi connectivity index (χ1) is 12.5. The fraction of sp³-hybridized carbons (Fsp3) is 0.474. The third-order valence-corrected chi connectivity index (χ3v) is 5.56. The summed E-state index contributed by atoms with van der Waals surface area (Å²) >= 11 is 1.58. The van der Waals surface area contributed by atoms with Crippen LogP contribution >= 0.6 is 11.3 Å². The van der Waals surface area contributed by atoms with Gasteiger partial charge in [0.05, 0.1) is 24.7 Å². The van der Waals surface area contributed by atoms with Gasteiger partial charge in [-0.15, -0.1) is 11.3 Å². The summed E-state index contributed by atoms with van der Waals surface area (Å²) in [6, 6.07) is 9.71. The van der Waals surface area contributed by atoms with E-state index in [1.54, 1.807) is 25.4 Å². The molecule has 2 heterocycles. The highest BCUT2D eigenvalue weighted by Gasteiger charge is 2.43. The van der Waals surface area contributed by atoms with Crippen molar-refractivity contribution in [2.45, 2.75) is 37.9 Å². The second kappa shape index (κ2) is 8.37. The quantitative estimate of drug-likeness (QED) is 0.708. The maximum Gasteiger partial charge on any atom is 0.205 e. The minimum absolute atomic E-state index is 0.382. The molecule has 1 aliphatic rings. The molecule has 0 bridgehead atoms. The van der Waals surface area contributed by atoms with Crippen LogP contribution in [-0.4, -0.2) is 53.6 Å². The first-order valence-electron chi connectivity index (χ1n) is 8.52. The average Bonchev–Trinajstić information content (AvgIpc) is 3.09. The average molecular weight is 380 g/mol. The molecule has 6 nitrogen and oxygen atoms in total. The molecule has 1 aromatic heterocycles. The van der Waals surface area contributed by atoms with Gasteiger partial charge < -0.3 is 29.5 Å². The van der Waals surface area contributed by atoms with Crippen molar-refractivity contribution in [2.75, 3.05) is 13.7 Å². The van der Waals surface area contributed by atoms with E-state index in [2.05, 4.69) is 0 Å². The first-order valence-corrected chi connectivity index (χ1v) is 9.40. The molecule has 1 aromatic carbocycles. The van der Waals surface area contributed by atoms with Crippen LogP contribution in [0.5, 0.6) is 11.5 Å². The van der Waals surface area contributed by atoms with Crippen LogP contribution in [0.3, 0.4) is 0 Å². The molecule has 5 atom stereocenters. The predicted molar refractivity (Wildman–Crippen MR) is 97.7 cm³/mol. The Morgan fingerprint density at radius 3 is 2.50 bits per heavy atom. The van der Waals surface area contributed by atoms with E-state index in [9.17, 15) is 15.3 Å². The molecule has 142 valence electrons. The molecule has 1 fully saturated rings. The Hall–Kier alpha value is -1.64. The number of hydrogen-bond acceptors (Lipinski definition) is 7. The van der Waals surface area contributed by atoms with Crippen molar-refractivity contribution < 1.29 is 29.5 Å². The van der Waals surface area contributed by atoms with Gasteiger partial charge in [0.15, 0.2) is 0 Å². The third-order valence-electron chi connectivity index (χ3n) is 4.66. The molecule has 0 amide bonds. The summed E-state index contributed by atoms with van der Waals surface area (Å²) in [5.41, 5.74) is 1.12. The number of hydrogen-bond donors (Lipinski definition) is 3. The van der Waals surface area contributed by atoms with Crippen LogP contribution in [0, 0.1) is 5.92 Å². The summed E-state index contributed by atoms with van der Waals surface area (Å²) in [4.78, 5) is 1.03. The summed E-state index contributed by atoms with van der Waals surface area (Å²) in [7, 11) is 1.64. The molecule has 0 unspecified atom stereocenters. The smallest absolute Gasteiger partial charge is 0.205 e. The van der Waals surface area contributed by atoms with Crippen molar-refractivity contribution in [1.82, 2.24) is 0 Å².